The molecule has 0 aliphatic heterocycles. The summed E-state index contributed by atoms with van der Waals surface area (Å²) >= 11 is 3.49. The third-order valence-corrected chi connectivity index (χ3v) is 2.41. The van der Waals surface area contributed by atoms with Crippen LogP contribution in [0.4, 0.5) is 0 Å². The average Bonchev–Trinajstić information content (AvgIpc) is 2.10. The van der Waals surface area contributed by atoms with Gasteiger partial charge < -0.3 is 4.90 Å². The standard InChI is InChI=1S/C10H22BrN/c1-3-5-8-12(10-7-11)9-6-4-2/h3-10H2,1-2H3. The van der Waals surface area contributed by atoms with Crippen molar-refractivity contribution in [3.05, 3.63) is 0 Å². The van der Waals surface area contributed by atoms with Crippen molar-refractivity contribution in [2.24, 2.45) is 0 Å². The van der Waals surface area contributed by atoms with Gasteiger partial charge in [-0.2, -0.15) is 0 Å². The summed E-state index contributed by atoms with van der Waals surface area (Å²) in [7, 11) is 0. The lowest BCUT2D eigenvalue weighted by Crippen LogP contribution is -2.27. The maximum Gasteiger partial charge on any atom is 0.0159 e. The molecule has 0 fully saturated rings. The summed E-state index contributed by atoms with van der Waals surface area (Å²) in [6, 6.07) is 0. The molecular weight excluding hydrogens is 214 g/mol. The molecular formula is C10H22BrN. The first-order valence-corrected chi connectivity index (χ1v) is 6.25. The van der Waals surface area contributed by atoms with Crippen molar-refractivity contribution in [3.8, 4) is 0 Å². The monoisotopic (exact) mass is 235 g/mol. The molecule has 0 unspecified atom stereocenters. The molecule has 0 rings (SSSR count). The van der Waals surface area contributed by atoms with Crippen LogP contribution in [0.2, 0.25) is 0 Å². The van der Waals surface area contributed by atoms with Crippen LogP contribution < -0.4 is 0 Å². The summed E-state index contributed by atoms with van der Waals surface area (Å²) in [6.07, 6.45) is 5.31. The van der Waals surface area contributed by atoms with E-state index in [1.807, 2.05) is 0 Å². The molecule has 0 aromatic rings. The van der Waals surface area contributed by atoms with E-state index in [9.17, 15) is 0 Å². The van der Waals surface area contributed by atoms with Gasteiger partial charge in [-0.05, 0) is 25.9 Å². The molecule has 0 bridgehead atoms. The first-order chi connectivity index (χ1) is 5.85. The molecule has 1 nitrogen and oxygen atoms in total. The van der Waals surface area contributed by atoms with Crippen molar-refractivity contribution in [2.45, 2.75) is 39.5 Å². The number of alkyl halides is 1. The Kier molecular flexibility index (Phi) is 9.88. The minimum Gasteiger partial charge on any atom is -0.303 e. The highest BCUT2D eigenvalue weighted by Crippen LogP contribution is 1.99. The second-order valence-electron chi connectivity index (χ2n) is 3.24. The summed E-state index contributed by atoms with van der Waals surface area (Å²) in [5, 5.41) is 1.11. The minimum absolute atomic E-state index is 1.11. The van der Waals surface area contributed by atoms with Gasteiger partial charge in [0.15, 0.2) is 0 Å². The van der Waals surface area contributed by atoms with Gasteiger partial charge in [-0.3, -0.25) is 0 Å². The Labute approximate surface area is 85.7 Å². The van der Waals surface area contributed by atoms with E-state index in [-0.39, 0.29) is 0 Å². The number of unbranched alkanes of at least 4 members (excludes halogenated alkanes) is 2. The van der Waals surface area contributed by atoms with E-state index >= 15 is 0 Å². The van der Waals surface area contributed by atoms with Crippen LogP contribution in [0.1, 0.15) is 39.5 Å². The second kappa shape index (κ2) is 9.53. The van der Waals surface area contributed by atoms with Gasteiger partial charge in [0.25, 0.3) is 0 Å². The van der Waals surface area contributed by atoms with E-state index < -0.39 is 0 Å². The highest BCUT2D eigenvalue weighted by Gasteiger charge is 2.01. The van der Waals surface area contributed by atoms with Gasteiger partial charge in [-0.15, -0.1) is 0 Å². The Hall–Kier alpha value is 0.440. The van der Waals surface area contributed by atoms with Crippen LogP contribution in [0.3, 0.4) is 0 Å². The van der Waals surface area contributed by atoms with Crippen molar-refractivity contribution in [1.29, 1.82) is 0 Å². The van der Waals surface area contributed by atoms with Crippen molar-refractivity contribution in [3.63, 3.8) is 0 Å². The van der Waals surface area contributed by atoms with Gasteiger partial charge in [0.2, 0.25) is 0 Å². The van der Waals surface area contributed by atoms with Crippen LogP contribution in [0.25, 0.3) is 0 Å². The fourth-order valence-corrected chi connectivity index (χ4v) is 1.72. The molecule has 0 radical (unpaired) electrons. The molecule has 12 heavy (non-hydrogen) atoms. The van der Waals surface area contributed by atoms with Crippen LogP contribution in [0.5, 0.6) is 0 Å². The largest absolute Gasteiger partial charge is 0.303 e. The summed E-state index contributed by atoms with van der Waals surface area (Å²) < 4.78 is 0. The summed E-state index contributed by atoms with van der Waals surface area (Å²) in [4.78, 5) is 2.56. The van der Waals surface area contributed by atoms with Crippen LogP contribution >= 0.6 is 15.9 Å². The normalized spacial score (nSPS) is 11.0. The molecule has 0 saturated heterocycles. The van der Waals surface area contributed by atoms with Crippen LogP contribution in [-0.2, 0) is 0 Å². The Bertz CT molecular complexity index is 77.9. The molecule has 0 aliphatic carbocycles. The van der Waals surface area contributed by atoms with E-state index in [1.165, 1.54) is 45.3 Å². The lowest BCUT2D eigenvalue weighted by molar-refractivity contribution is 0.282. The molecule has 0 heterocycles. The molecule has 0 atom stereocenters. The maximum atomic E-state index is 3.49. The quantitative estimate of drug-likeness (QED) is 0.584. The predicted molar refractivity (Wildman–Crippen MR) is 60.1 cm³/mol. The summed E-state index contributed by atoms with van der Waals surface area (Å²) in [6.45, 7) is 8.28. The van der Waals surface area contributed by atoms with Crippen molar-refractivity contribution < 1.29 is 0 Å². The highest BCUT2D eigenvalue weighted by atomic mass is 79.9. The van der Waals surface area contributed by atoms with E-state index in [1.54, 1.807) is 0 Å². The van der Waals surface area contributed by atoms with Gasteiger partial charge >= 0.3 is 0 Å². The second-order valence-corrected chi connectivity index (χ2v) is 4.03. The molecule has 0 aromatic carbocycles. The van der Waals surface area contributed by atoms with Gasteiger partial charge in [-0.25, -0.2) is 0 Å². The fourth-order valence-electron chi connectivity index (χ4n) is 1.22. The van der Waals surface area contributed by atoms with Crippen LogP contribution in [-0.4, -0.2) is 29.9 Å². The zero-order valence-electron chi connectivity index (χ0n) is 8.48. The summed E-state index contributed by atoms with van der Waals surface area (Å²) in [5.41, 5.74) is 0. The molecule has 0 aliphatic rings. The van der Waals surface area contributed by atoms with Crippen LogP contribution in [0.15, 0.2) is 0 Å². The number of halogens is 1. The number of hydrogen-bond acceptors (Lipinski definition) is 1. The Morgan fingerprint density at radius 2 is 1.42 bits per heavy atom. The van der Waals surface area contributed by atoms with E-state index in [0.29, 0.717) is 0 Å². The van der Waals surface area contributed by atoms with Crippen molar-refractivity contribution >= 4 is 15.9 Å². The molecule has 0 amide bonds. The Balaban J connectivity index is 3.40. The van der Waals surface area contributed by atoms with Crippen molar-refractivity contribution in [2.75, 3.05) is 25.0 Å². The molecule has 0 N–H and O–H groups in total. The number of hydrogen-bond donors (Lipinski definition) is 0. The predicted octanol–water partition coefficient (Wildman–Crippen LogP) is 3.28. The number of nitrogens with zero attached hydrogens (tertiary/aromatic N) is 1. The van der Waals surface area contributed by atoms with Gasteiger partial charge in [0, 0.05) is 11.9 Å². The molecule has 0 aromatic heterocycles. The van der Waals surface area contributed by atoms with E-state index in [2.05, 4.69) is 34.7 Å². The topological polar surface area (TPSA) is 3.24 Å². The van der Waals surface area contributed by atoms with Gasteiger partial charge in [-0.1, -0.05) is 42.6 Å². The zero-order valence-corrected chi connectivity index (χ0v) is 10.1. The van der Waals surface area contributed by atoms with Gasteiger partial charge in [0.05, 0.1) is 0 Å². The Morgan fingerprint density at radius 3 is 1.75 bits per heavy atom. The molecule has 2 heteroatoms. The SMILES string of the molecule is CCCCN(CCBr)CCCC. The molecule has 0 spiro atoms. The molecule has 74 valence electrons. The van der Waals surface area contributed by atoms with Crippen molar-refractivity contribution in [1.82, 2.24) is 4.90 Å². The number of rotatable bonds is 8. The van der Waals surface area contributed by atoms with Gasteiger partial charge in [0.1, 0.15) is 0 Å². The van der Waals surface area contributed by atoms with Crippen LogP contribution in [0, 0.1) is 0 Å². The average molecular weight is 236 g/mol. The lowest BCUT2D eigenvalue weighted by atomic mass is 10.2. The smallest absolute Gasteiger partial charge is 0.0159 e. The fraction of sp³-hybridized carbons (Fsp3) is 1.00. The lowest BCUT2D eigenvalue weighted by Gasteiger charge is -2.20. The van der Waals surface area contributed by atoms with E-state index in [4.69, 9.17) is 0 Å². The Morgan fingerprint density at radius 1 is 0.917 bits per heavy atom. The third-order valence-electron chi connectivity index (χ3n) is 2.06. The third kappa shape index (κ3) is 7.11. The highest BCUT2D eigenvalue weighted by molar-refractivity contribution is 9.09. The zero-order chi connectivity index (χ0) is 9.23. The first-order valence-electron chi connectivity index (χ1n) is 5.13. The molecule has 0 saturated carbocycles. The first kappa shape index (κ1) is 12.4. The maximum absolute atomic E-state index is 3.49. The van der Waals surface area contributed by atoms with E-state index in [0.717, 1.165) is 5.33 Å². The summed E-state index contributed by atoms with van der Waals surface area (Å²) in [5.74, 6) is 0. The minimum atomic E-state index is 1.11.